The lowest BCUT2D eigenvalue weighted by Gasteiger charge is -2.07. The fourth-order valence-corrected chi connectivity index (χ4v) is 3.57. The highest BCUT2D eigenvalue weighted by atomic mass is 19.1. The third kappa shape index (κ3) is 4.57. The first-order chi connectivity index (χ1) is 16.2. The average molecular weight is 438 g/mol. The molecule has 5 aromatic rings. The number of carbonyl (C=O) groups is 1. The number of nitrogens with one attached hydrogen (secondary N) is 2. The van der Waals surface area contributed by atoms with Crippen molar-refractivity contribution < 1.29 is 13.9 Å². The number of ether oxygens (including phenoxy) is 1. The monoisotopic (exact) mass is 438 g/mol. The summed E-state index contributed by atoms with van der Waals surface area (Å²) in [7, 11) is 0. The van der Waals surface area contributed by atoms with Crippen molar-refractivity contribution >= 4 is 33.9 Å². The minimum Gasteiger partial charge on any atom is -0.489 e. The average Bonchev–Trinajstić information content (AvgIpc) is 3.21. The van der Waals surface area contributed by atoms with Crippen LogP contribution in [0.4, 0.5) is 4.39 Å². The van der Waals surface area contributed by atoms with Gasteiger partial charge in [-0.15, -0.1) is 0 Å². The van der Waals surface area contributed by atoms with Gasteiger partial charge in [-0.25, -0.2) is 14.8 Å². The van der Waals surface area contributed by atoms with E-state index in [2.05, 4.69) is 20.5 Å². The van der Waals surface area contributed by atoms with Crippen molar-refractivity contribution in [3.8, 4) is 5.75 Å². The number of halogens is 1. The number of hydrogen-bond acceptors (Lipinski definition) is 4. The summed E-state index contributed by atoms with van der Waals surface area (Å²) >= 11 is 0. The number of rotatable bonds is 6. The van der Waals surface area contributed by atoms with Crippen LogP contribution in [-0.2, 0) is 6.61 Å². The molecule has 0 saturated carbocycles. The zero-order valence-corrected chi connectivity index (χ0v) is 17.5. The molecule has 0 atom stereocenters. The molecule has 2 N–H and O–H groups in total. The molecule has 0 aliphatic heterocycles. The number of benzene rings is 3. The van der Waals surface area contributed by atoms with E-state index < -0.39 is 5.91 Å². The van der Waals surface area contributed by atoms with Crippen molar-refractivity contribution in [3.05, 3.63) is 108 Å². The van der Waals surface area contributed by atoms with Crippen LogP contribution >= 0.6 is 0 Å². The molecule has 0 unspecified atom stereocenters. The molecule has 0 spiro atoms. The molecule has 162 valence electrons. The number of hydrazone groups is 1. The lowest BCUT2D eigenvalue weighted by atomic mass is 10.1. The molecule has 2 heterocycles. The fraction of sp³-hybridized carbons (Fsp3) is 0.0385. The van der Waals surface area contributed by atoms with E-state index in [9.17, 15) is 9.18 Å². The topological polar surface area (TPSA) is 79.4 Å². The number of H-pyrrole nitrogens is 1. The number of carbonyl (C=O) groups excluding carboxylic acids is 1. The van der Waals surface area contributed by atoms with E-state index in [1.807, 2.05) is 36.4 Å². The highest BCUT2D eigenvalue weighted by Gasteiger charge is 2.10. The Bertz CT molecular complexity index is 1490. The van der Waals surface area contributed by atoms with Crippen LogP contribution in [0.25, 0.3) is 21.8 Å². The molecule has 0 aliphatic carbocycles. The largest absolute Gasteiger partial charge is 0.489 e. The maximum atomic E-state index is 13.3. The van der Waals surface area contributed by atoms with Crippen LogP contribution in [0.5, 0.6) is 5.75 Å². The normalized spacial score (nSPS) is 11.3. The molecule has 0 bridgehead atoms. The quantitative estimate of drug-likeness (QED) is 0.283. The van der Waals surface area contributed by atoms with Crippen molar-refractivity contribution in [1.29, 1.82) is 0 Å². The van der Waals surface area contributed by atoms with Crippen molar-refractivity contribution in [2.45, 2.75) is 6.61 Å². The van der Waals surface area contributed by atoms with Gasteiger partial charge in [-0.2, -0.15) is 5.10 Å². The van der Waals surface area contributed by atoms with Crippen LogP contribution in [0.2, 0.25) is 0 Å². The third-order valence-corrected chi connectivity index (χ3v) is 5.16. The van der Waals surface area contributed by atoms with Crippen LogP contribution < -0.4 is 10.2 Å². The molecule has 7 heteroatoms. The van der Waals surface area contributed by atoms with Crippen LogP contribution in [0.15, 0.2) is 90.2 Å². The number of nitrogens with zero attached hydrogens (tertiary/aromatic N) is 2. The number of amides is 1. The van der Waals surface area contributed by atoms with Gasteiger partial charge in [0.2, 0.25) is 0 Å². The Balaban J connectivity index is 1.25. The molecule has 0 aliphatic rings. The van der Waals surface area contributed by atoms with E-state index in [0.29, 0.717) is 5.75 Å². The summed E-state index contributed by atoms with van der Waals surface area (Å²) in [4.78, 5) is 20.1. The van der Waals surface area contributed by atoms with Crippen LogP contribution in [0, 0.1) is 5.82 Å². The zero-order chi connectivity index (χ0) is 22.6. The molecule has 5 rings (SSSR count). The molecule has 3 aromatic carbocycles. The molecule has 33 heavy (non-hydrogen) atoms. The number of aromatic amines is 1. The number of pyridine rings is 1. The number of aromatic nitrogens is 2. The summed E-state index contributed by atoms with van der Waals surface area (Å²) in [6, 6.07) is 23.1. The Morgan fingerprint density at radius 3 is 2.79 bits per heavy atom. The minimum absolute atomic E-state index is 0.247. The first kappa shape index (κ1) is 20.4. The van der Waals surface area contributed by atoms with Gasteiger partial charge >= 0.3 is 0 Å². The molecular formula is C26H19FN4O2. The van der Waals surface area contributed by atoms with E-state index in [0.717, 1.165) is 32.9 Å². The molecule has 0 saturated heterocycles. The first-order valence-electron chi connectivity index (χ1n) is 10.3. The lowest BCUT2D eigenvalue weighted by Crippen LogP contribution is -2.18. The van der Waals surface area contributed by atoms with Gasteiger partial charge in [0, 0.05) is 16.3 Å². The van der Waals surface area contributed by atoms with E-state index in [-0.39, 0.29) is 18.1 Å². The van der Waals surface area contributed by atoms with Crippen molar-refractivity contribution in [3.63, 3.8) is 0 Å². The second kappa shape index (κ2) is 8.92. The Kier molecular flexibility index (Phi) is 5.51. The smallest absolute Gasteiger partial charge is 0.289 e. The van der Waals surface area contributed by atoms with Gasteiger partial charge in [0.05, 0.1) is 17.9 Å². The highest BCUT2D eigenvalue weighted by Crippen LogP contribution is 2.25. The fourth-order valence-electron chi connectivity index (χ4n) is 3.57. The highest BCUT2D eigenvalue weighted by molar-refractivity contribution is 6.09. The lowest BCUT2D eigenvalue weighted by molar-refractivity contribution is 0.0950. The van der Waals surface area contributed by atoms with Crippen LogP contribution in [-0.4, -0.2) is 22.1 Å². The summed E-state index contributed by atoms with van der Waals surface area (Å²) in [5.74, 6) is -0.0935. The molecule has 0 radical (unpaired) electrons. The van der Waals surface area contributed by atoms with Crippen molar-refractivity contribution in [2.24, 2.45) is 5.10 Å². The second-order valence-electron chi connectivity index (χ2n) is 7.48. The van der Waals surface area contributed by atoms with Crippen LogP contribution in [0.3, 0.4) is 0 Å². The molecular weight excluding hydrogens is 419 g/mol. The van der Waals surface area contributed by atoms with E-state index in [1.54, 1.807) is 36.5 Å². The summed E-state index contributed by atoms with van der Waals surface area (Å²) in [5.41, 5.74) is 6.12. The van der Waals surface area contributed by atoms with E-state index in [4.69, 9.17) is 4.74 Å². The summed E-state index contributed by atoms with van der Waals surface area (Å²) in [6.07, 6.45) is 3.17. The third-order valence-electron chi connectivity index (χ3n) is 5.16. The molecule has 0 fully saturated rings. The number of para-hydroxylation sites is 1. The van der Waals surface area contributed by atoms with E-state index in [1.165, 1.54) is 18.3 Å². The van der Waals surface area contributed by atoms with E-state index >= 15 is 0 Å². The zero-order valence-electron chi connectivity index (χ0n) is 17.5. The summed E-state index contributed by atoms with van der Waals surface area (Å²) in [6.45, 7) is 0.247. The Morgan fingerprint density at radius 2 is 1.88 bits per heavy atom. The van der Waals surface area contributed by atoms with Crippen molar-refractivity contribution in [2.75, 3.05) is 0 Å². The summed E-state index contributed by atoms with van der Waals surface area (Å²) < 4.78 is 19.0. The number of hydrogen-bond donors (Lipinski definition) is 2. The van der Waals surface area contributed by atoms with Gasteiger partial charge in [0.25, 0.3) is 5.91 Å². The molecule has 2 aromatic heterocycles. The van der Waals surface area contributed by atoms with Gasteiger partial charge in [0.1, 0.15) is 23.9 Å². The predicted octanol–water partition coefficient (Wildman–Crippen LogP) is 5.20. The van der Waals surface area contributed by atoms with Crippen LogP contribution in [0.1, 0.15) is 21.6 Å². The molecule has 1 amide bonds. The van der Waals surface area contributed by atoms with Gasteiger partial charge in [-0.05, 0) is 47.5 Å². The predicted molar refractivity (Wildman–Crippen MR) is 126 cm³/mol. The first-order valence-corrected chi connectivity index (χ1v) is 10.3. The maximum Gasteiger partial charge on any atom is 0.289 e. The van der Waals surface area contributed by atoms with Gasteiger partial charge < -0.3 is 9.72 Å². The Hall–Kier alpha value is -4.52. The Morgan fingerprint density at radius 1 is 1.00 bits per heavy atom. The van der Waals surface area contributed by atoms with Crippen molar-refractivity contribution in [1.82, 2.24) is 15.4 Å². The maximum absolute atomic E-state index is 13.3. The molecule has 6 nitrogen and oxygen atoms in total. The van der Waals surface area contributed by atoms with Gasteiger partial charge in [0.15, 0.2) is 0 Å². The van der Waals surface area contributed by atoms with Gasteiger partial charge in [-0.3, -0.25) is 4.79 Å². The SMILES string of the molecule is O=C(N/N=C/c1cccc(OCc2cccc(F)c2)c1)c1cc2c(cn1)[nH]c1ccccc12. The second-order valence-corrected chi connectivity index (χ2v) is 7.48. The minimum atomic E-state index is -0.406. The van der Waals surface area contributed by atoms with Gasteiger partial charge in [-0.1, -0.05) is 42.5 Å². The Labute approximate surface area is 188 Å². The number of fused-ring (bicyclic) bond motifs is 3. The summed E-state index contributed by atoms with van der Waals surface area (Å²) in [5, 5.41) is 6.00. The standard InChI is InChI=1S/C26H19FN4O2/c27-19-7-3-6-18(11-19)16-33-20-8-4-5-17(12-20)14-29-31-26(32)24-13-22-21-9-1-2-10-23(21)30-25(22)15-28-24/h1-15,30H,16H2,(H,31,32)/b29-14+.